The fourth-order valence-corrected chi connectivity index (χ4v) is 1.58. The third-order valence-electron chi connectivity index (χ3n) is 2.63. The lowest BCUT2D eigenvalue weighted by Gasteiger charge is -2.20. The van der Waals surface area contributed by atoms with E-state index in [2.05, 4.69) is 41.4 Å². The van der Waals surface area contributed by atoms with E-state index < -0.39 is 0 Å². The van der Waals surface area contributed by atoms with Gasteiger partial charge < -0.3 is 10.1 Å². The molecular weight excluding hydrogens is 254 g/mol. The number of aryl methyl sites for hydroxylation is 1. The molecular formula is C14H21N5O. The summed E-state index contributed by atoms with van der Waals surface area (Å²) in [7, 11) is 1.83. The molecule has 20 heavy (non-hydrogen) atoms. The van der Waals surface area contributed by atoms with Crippen LogP contribution in [0.15, 0.2) is 24.5 Å². The Labute approximate surface area is 119 Å². The van der Waals surface area contributed by atoms with Crippen molar-refractivity contribution in [2.75, 3.05) is 0 Å². The second kappa shape index (κ2) is 6.00. The second-order valence-corrected chi connectivity index (χ2v) is 5.76. The molecule has 0 amide bonds. The number of hydrogen-bond donors (Lipinski definition) is 1. The molecule has 2 aromatic heterocycles. The number of ether oxygens (including phenoxy) is 1. The maximum Gasteiger partial charge on any atom is 0.138 e. The van der Waals surface area contributed by atoms with E-state index in [1.165, 1.54) is 0 Å². The van der Waals surface area contributed by atoms with Crippen LogP contribution < -0.4 is 10.1 Å². The van der Waals surface area contributed by atoms with Crippen molar-refractivity contribution < 1.29 is 4.74 Å². The summed E-state index contributed by atoms with van der Waals surface area (Å²) < 4.78 is 7.26. The lowest BCUT2D eigenvalue weighted by Crippen LogP contribution is -2.35. The van der Waals surface area contributed by atoms with Gasteiger partial charge in [0.25, 0.3) is 0 Å². The number of nitrogens with one attached hydrogen (secondary N) is 1. The van der Waals surface area contributed by atoms with Crippen molar-refractivity contribution >= 4 is 0 Å². The lowest BCUT2D eigenvalue weighted by atomic mass is 10.1. The van der Waals surface area contributed by atoms with Crippen LogP contribution in [-0.4, -0.2) is 25.5 Å². The minimum atomic E-state index is 0.0861. The highest BCUT2D eigenvalue weighted by molar-refractivity contribution is 5.20. The SMILES string of the molecule is Cn1cc(COc2ccc(CNC(C)(C)C)nc2)nn1. The average Bonchev–Trinajstić information content (AvgIpc) is 2.80. The first-order valence-electron chi connectivity index (χ1n) is 6.60. The summed E-state index contributed by atoms with van der Waals surface area (Å²) in [6.07, 6.45) is 3.56. The molecule has 0 aliphatic carbocycles. The van der Waals surface area contributed by atoms with Gasteiger partial charge in [0.2, 0.25) is 0 Å². The molecule has 0 atom stereocenters. The van der Waals surface area contributed by atoms with Crippen molar-refractivity contribution in [3.8, 4) is 5.75 Å². The van der Waals surface area contributed by atoms with Crippen molar-refractivity contribution in [2.45, 2.75) is 39.5 Å². The molecule has 2 heterocycles. The fraction of sp³-hybridized carbons (Fsp3) is 0.500. The third-order valence-corrected chi connectivity index (χ3v) is 2.63. The summed E-state index contributed by atoms with van der Waals surface area (Å²) in [4.78, 5) is 4.37. The van der Waals surface area contributed by atoms with Crippen LogP contribution in [0.4, 0.5) is 0 Å². The molecule has 0 radical (unpaired) electrons. The zero-order valence-electron chi connectivity index (χ0n) is 12.4. The standard InChI is InChI=1S/C14H21N5O/c1-14(2,3)16-7-11-5-6-13(8-15-11)20-10-12-9-19(4)18-17-12/h5-6,8-9,16H,7,10H2,1-4H3. The van der Waals surface area contributed by atoms with Gasteiger partial charge in [-0.15, -0.1) is 5.10 Å². The minimum Gasteiger partial charge on any atom is -0.486 e. The third kappa shape index (κ3) is 4.62. The summed E-state index contributed by atoms with van der Waals surface area (Å²) in [5, 5.41) is 11.2. The van der Waals surface area contributed by atoms with Crippen LogP contribution in [0, 0.1) is 0 Å². The zero-order valence-corrected chi connectivity index (χ0v) is 12.4. The summed E-state index contributed by atoms with van der Waals surface area (Å²) in [6, 6.07) is 3.88. The Hall–Kier alpha value is -1.95. The molecule has 0 bridgehead atoms. The van der Waals surface area contributed by atoms with Crippen molar-refractivity contribution in [3.63, 3.8) is 0 Å². The van der Waals surface area contributed by atoms with E-state index in [-0.39, 0.29) is 5.54 Å². The monoisotopic (exact) mass is 275 g/mol. The van der Waals surface area contributed by atoms with Gasteiger partial charge in [-0.2, -0.15) is 0 Å². The molecule has 108 valence electrons. The maximum atomic E-state index is 5.61. The van der Waals surface area contributed by atoms with E-state index in [1.54, 1.807) is 10.9 Å². The minimum absolute atomic E-state index is 0.0861. The lowest BCUT2D eigenvalue weighted by molar-refractivity contribution is 0.299. The van der Waals surface area contributed by atoms with Gasteiger partial charge in [-0.1, -0.05) is 5.21 Å². The summed E-state index contributed by atoms with van der Waals surface area (Å²) in [5.41, 5.74) is 1.88. The van der Waals surface area contributed by atoms with Crippen LogP contribution in [0.2, 0.25) is 0 Å². The molecule has 0 spiro atoms. The molecule has 0 aliphatic rings. The van der Waals surface area contributed by atoms with Crippen molar-refractivity contribution in [2.24, 2.45) is 7.05 Å². The van der Waals surface area contributed by atoms with Gasteiger partial charge in [-0.25, -0.2) is 0 Å². The first-order chi connectivity index (χ1) is 9.42. The second-order valence-electron chi connectivity index (χ2n) is 5.76. The van der Waals surface area contributed by atoms with Gasteiger partial charge in [0, 0.05) is 19.1 Å². The van der Waals surface area contributed by atoms with Crippen molar-refractivity contribution in [1.29, 1.82) is 0 Å². The van der Waals surface area contributed by atoms with Crippen LogP contribution in [0.25, 0.3) is 0 Å². The molecule has 6 nitrogen and oxygen atoms in total. The number of hydrogen-bond acceptors (Lipinski definition) is 5. The molecule has 0 aliphatic heterocycles. The van der Waals surface area contributed by atoms with Crippen LogP contribution >= 0.6 is 0 Å². The van der Waals surface area contributed by atoms with Crippen molar-refractivity contribution in [3.05, 3.63) is 35.9 Å². The smallest absolute Gasteiger partial charge is 0.138 e. The van der Waals surface area contributed by atoms with Crippen LogP contribution in [0.3, 0.4) is 0 Å². The molecule has 2 rings (SSSR count). The Morgan fingerprint density at radius 3 is 2.60 bits per heavy atom. The van der Waals surface area contributed by atoms with Gasteiger partial charge in [-0.3, -0.25) is 9.67 Å². The van der Waals surface area contributed by atoms with Crippen LogP contribution in [-0.2, 0) is 20.2 Å². The van der Waals surface area contributed by atoms with E-state index in [0.717, 1.165) is 23.7 Å². The number of nitrogens with zero attached hydrogens (tertiary/aromatic N) is 4. The Morgan fingerprint density at radius 1 is 1.25 bits per heavy atom. The first kappa shape index (κ1) is 14.5. The molecule has 0 saturated carbocycles. The van der Waals surface area contributed by atoms with Gasteiger partial charge in [0.05, 0.1) is 18.1 Å². The van der Waals surface area contributed by atoms with E-state index in [0.29, 0.717) is 6.61 Å². The van der Waals surface area contributed by atoms with Crippen LogP contribution in [0.1, 0.15) is 32.2 Å². The van der Waals surface area contributed by atoms with E-state index in [4.69, 9.17) is 4.74 Å². The number of aromatic nitrogens is 4. The van der Waals surface area contributed by atoms with Gasteiger partial charge >= 0.3 is 0 Å². The Kier molecular flexibility index (Phi) is 4.34. The highest BCUT2D eigenvalue weighted by Crippen LogP contribution is 2.11. The first-order valence-corrected chi connectivity index (χ1v) is 6.60. The molecule has 1 N–H and O–H groups in total. The number of rotatable bonds is 5. The quantitative estimate of drug-likeness (QED) is 0.899. The largest absolute Gasteiger partial charge is 0.486 e. The molecule has 0 unspecified atom stereocenters. The summed E-state index contributed by atoms with van der Waals surface area (Å²) in [6.45, 7) is 7.53. The number of pyridine rings is 1. The molecule has 2 aromatic rings. The van der Waals surface area contributed by atoms with Crippen LogP contribution in [0.5, 0.6) is 5.75 Å². The topological polar surface area (TPSA) is 64.9 Å². The zero-order chi connectivity index (χ0) is 14.6. The highest BCUT2D eigenvalue weighted by atomic mass is 16.5. The Bertz CT molecular complexity index is 541. The predicted molar refractivity (Wildman–Crippen MR) is 76.2 cm³/mol. The molecule has 0 fully saturated rings. The van der Waals surface area contributed by atoms with Gasteiger partial charge in [0.1, 0.15) is 18.1 Å². The normalized spacial score (nSPS) is 11.6. The van der Waals surface area contributed by atoms with E-state index in [1.807, 2.05) is 25.4 Å². The molecule has 6 heteroatoms. The average molecular weight is 275 g/mol. The van der Waals surface area contributed by atoms with E-state index in [9.17, 15) is 0 Å². The molecule has 0 aromatic carbocycles. The molecule has 0 saturated heterocycles. The Balaban J connectivity index is 1.85. The Morgan fingerprint density at radius 2 is 2.05 bits per heavy atom. The highest BCUT2D eigenvalue weighted by Gasteiger charge is 2.08. The van der Waals surface area contributed by atoms with E-state index >= 15 is 0 Å². The van der Waals surface area contributed by atoms with Crippen molar-refractivity contribution in [1.82, 2.24) is 25.3 Å². The maximum absolute atomic E-state index is 5.61. The summed E-state index contributed by atoms with van der Waals surface area (Å²) >= 11 is 0. The predicted octanol–water partition coefficient (Wildman–Crippen LogP) is 1.68. The fourth-order valence-electron chi connectivity index (χ4n) is 1.58. The van der Waals surface area contributed by atoms with Gasteiger partial charge in [0.15, 0.2) is 0 Å². The van der Waals surface area contributed by atoms with Gasteiger partial charge in [-0.05, 0) is 32.9 Å². The summed E-state index contributed by atoms with van der Waals surface area (Å²) in [5.74, 6) is 0.732.